The molecule has 0 spiro atoms. The smallest absolute Gasteiger partial charge is 0.0629 e. The number of nitrogens with one attached hydrogen (secondary N) is 1. The minimum Gasteiger partial charge on any atom is -0.317 e. The van der Waals surface area contributed by atoms with E-state index in [0.29, 0.717) is 6.04 Å². The van der Waals surface area contributed by atoms with Crippen molar-refractivity contribution in [2.24, 2.45) is 4.99 Å². The van der Waals surface area contributed by atoms with E-state index in [1.165, 1.54) is 11.3 Å². The van der Waals surface area contributed by atoms with E-state index in [2.05, 4.69) is 50.4 Å². The average molecular weight is 232 g/mol. The van der Waals surface area contributed by atoms with Gasteiger partial charge in [-0.1, -0.05) is 31.0 Å². The summed E-state index contributed by atoms with van der Waals surface area (Å²) in [5, 5.41) is 3.27. The van der Waals surface area contributed by atoms with Crippen LogP contribution in [-0.4, -0.2) is 18.8 Å². The first-order valence-corrected chi connectivity index (χ1v) is 6.46. The van der Waals surface area contributed by atoms with Crippen molar-refractivity contribution < 1.29 is 0 Å². The Bertz CT molecular complexity index is 352. The molecule has 1 rings (SSSR count). The van der Waals surface area contributed by atoms with E-state index in [9.17, 15) is 0 Å². The fourth-order valence-corrected chi connectivity index (χ4v) is 1.75. The quantitative estimate of drug-likeness (QED) is 0.740. The van der Waals surface area contributed by atoms with Crippen molar-refractivity contribution in [3.63, 3.8) is 0 Å². The summed E-state index contributed by atoms with van der Waals surface area (Å²) >= 11 is 0. The molecule has 2 nitrogen and oxygen atoms in total. The largest absolute Gasteiger partial charge is 0.317 e. The van der Waals surface area contributed by atoms with E-state index >= 15 is 0 Å². The van der Waals surface area contributed by atoms with Gasteiger partial charge in [-0.2, -0.15) is 0 Å². The first-order chi connectivity index (χ1) is 8.15. The van der Waals surface area contributed by atoms with E-state index in [0.717, 1.165) is 24.9 Å². The van der Waals surface area contributed by atoms with Gasteiger partial charge in [-0.25, -0.2) is 0 Å². The van der Waals surface area contributed by atoms with Crippen molar-refractivity contribution in [2.75, 3.05) is 7.05 Å². The zero-order valence-electron chi connectivity index (χ0n) is 11.5. The summed E-state index contributed by atoms with van der Waals surface area (Å²) in [6, 6.07) is 8.91. The molecule has 0 aliphatic heterocycles. The summed E-state index contributed by atoms with van der Waals surface area (Å²) in [6.45, 7) is 6.50. The lowest BCUT2D eigenvalue weighted by atomic mass is 10.1. The van der Waals surface area contributed by atoms with Crippen LogP contribution in [0.2, 0.25) is 0 Å². The summed E-state index contributed by atoms with van der Waals surface area (Å²) in [6.07, 6.45) is 3.26. The van der Waals surface area contributed by atoms with Crippen molar-refractivity contribution in [1.82, 2.24) is 5.32 Å². The van der Waals surface area contributed by atoms with Crippen LogP contribution in [0.4, 0.5) is 5.69 Å². The fourth-order valence-electron chi connectivity index (χ4n) is 1.75. The van der Waals surface area contributed by atoms with E-state index in [4.69, 9.17) is 4.99 Å². The zero-order valence-corrected chi connectivity index (χ0v) is 11.5. The summed E-state index contributed by atoms with van der Waals surface area (Å²) in [4.78, 5) is 4.75. The van der Waals surface area contributed by atoms with Gasteiger partial charge in [-0.15, -0.1) is 0 Å². The molecule has 0 bridgehead atoms. The molecule has 0 aromatic heterocycles. The maximum absolute atomic E-state index is 4.75. The van der Waals surface area contributed by atoms with Crippen LogP contribution < -0.4 is 5.32 Å². The Hall–Kier alpha value is -1.15. The van der Waals surface area contributed by atoms with Crippen LogP contribution in [0.3, 0.4) is 0 Å². The van der Waals surface area contributed by atoms with E-state index in [1.807, 2.05) is 7.05 Å². The molecule has 94 valence electrons. The predicted molar refractivity (Wildman–Crippen MR) is 76.3 cm³/mol. The Labute approximate surface area is 105 Å². The van der Waals surface area contributed by atoms with Crippen molar-refractivity contribution in [2.45, 2.75) is 46.1 Å². The van der Waals surface area contributed by atoms with Crippen LogP contribution in [0.15, 0.2) is 29.3 Å². The van der Waals surface area contributed by atoms with Crippen LogP contribution in [0.5, 0.6) is 0 Å². The minimum absolute atomic E-state index is 0.491. The second kappa shape index (κ2) is 7.23. The highest BCUT2D eigenvalue weighted by Crippen LogP contribution is 2.15. The molecule has 1 atom stereocenters. The standard InChI is InChI=1S/C15H24N2/c1-5-6-15(11-13(3)16-4)17-14-9-7-12(2)8-10-14/h7-10,13,16H,5-6,11H2,1-4H3/b17-15-. The maximum Gasteiger partial charge on any atom is 0.0629 e. The molecule has 1 aromatic rings. The average Bonchev–Trinajstić information content (AvgIpc) is 2.32. The first kappa shape index (κ1) is 13.9. The lowest BCUT2D eigenvalue weighted by molar-refractivity contribution is 0.628. The van der Waals surface area contributed by atoms with Gasteiger partial charge in [0.2, 0.25) is 0 Å². The van der Waals surface area contributed by atoms with Crippen molar-refractivity contribution in [3.8, 4) is 0 Å². The molecule has 0 saturated carbocycles. The normalized spacial score (nSPS) is 13.8. The number of aryl methyl sites for hydroxylation is 1. The number of nitrogens with zero attached hydrogens (tertiary/aromatic N) is 1. The molecular weight excluding hydrogens is 208 g/mol. The number of hydrogen-bond donors (Lipinski definition) is 1. The molecule has 1 N–H and O–H groups in total. The third-order valence-electron chi connectivity index (χ3n) is 2.89. The van der Waals surface area contributed by atoms with Gasteiger partial charge >= 0.3 is 0 Å². The highest BCUT2D eigenvalue weighted by molar-refractivity contribution is 5.87. The number of rotatable bonds is 6. The van der Waals surface area contributed by atoms with E-state index in [-0.39, 0.29) is 0 Å². The predicted octanol–water partition coefficient (Wildman–Crippen LogP) is 3.87. The molecule has 0 fully saturated rings. The second-order valence-electron chi connectivity index (χ2n) is 4.66. The van der Waals surface area contributed by atoms with Crippen LogP contribution in [0, 0.1) is 6.92 Å². The molecule has 0 aliphatic carbocycles. The molecule has 0 radical (unpaired) electrons. The zero-order chi connectivity index (χ0) is 12.7. The molecular formula is C15H24N2. The Balaban J connectivity index is 2.77. The summed E-state index contributed by atoms with van der Waals surface area (Å²) in [7, 11) is 2.00. The van der Waals surface area contributed by atoms with Crippen molar-refractivity contribution >= 4 is 11.4 Å². The number of benzene rings is 1. The molecule has 1 aromatic carbocycles. The van der Waals surface area contributed by atoms with Crippen LogP contribution in [0.25, 0.3) is 0 Å². The molecule has 1 unspecified atom stereocenters. The summed E-state index contributed by atoms with van der Waals surface area (Å²) in [5.74, 6) is 0. The van der Waals surface area contributed by atoms with Gasteiger partial charge in [-0.3, -0.25) is 4.99 Å². The molecule has 0 heterocycles. The van der Waals surface area contributed by atoms with Crippen LogP contribution in [0.1, 0.15) is 38.7 Å². The number of hydrogen-bond acceptors (Lipinski definition) is 2. The lowest BCUT2D eigenvalue weighted by Crippen LogP contribution is -2.24. The highest BCUT2D eigenvalue weighted by atomic mass is 14.9. The van der Waals surface area contributed by atoms with E-state index in [1.54, 1.807) is 0 Å². The summed E-state index contributed by atoms with van der Waals surface area (Å²) in [5.41, 5.74) is 3.64. The highest BCUT2D eigenvalue weighted by Gasteiger charge is 2.04. The monoisotopic (exact) mass is 232 g/mol. The third kappa shape index (κ3) is 5.14. The van der Waals surface area contributed by atoms with Gasteiger partial charge in [0.1, 0.15) is 0 Å². The molecule has 0 aliphatic rings. The van der Waals surface area contributed by atoms with Gasteiger partial charge in [-0.05, 0) is 39.4 Å². The first-order valence-electron chi connectivity index (χ1n) is 6.46. The maximum atomic E-state index is 4.75. The number of aliphatic imine (C=N–C) groups is 1. The SMILES string of the molecule is CCC/C(CC(C)NC)=N/c1ccc(C)cc1. The fraction of sp³-hybridized carbons (Fsp3) is 0.533. The Morgan fingerprint density at radius 3 is 2.47 bits per heavy atom. The van der Waals surface area contributed by atoms with Gasteiger partial charge in [0.05, 0.1) is 5.69 Å². The lowest BCUT2D eigenvalue weighted by Gasteiger charge is -2.12. The second-order valence-corrected chi connectivity index (χ2v) is 4.66. The van der Waals surface area contributed by atoms with E-state index < -0.39 is 0 Å². The molecule has 17 heavy (non-hydrogen) atoms. The van der Waals surface area contributed by atoms with Crippen LogP contribution in [-0.2, 0) is 0 Å². The Kier molecular flexibility index (Phi) is 5.92. The van der Waals surface area contributed by atoms with Crippen molar-refractivity contribution in [1.29, 1.82) is 0 Å². The Morgan fingerprint density at radius 2 is 1.94 bits per heavy atom. The van der Waals surface area contributed by atoms with Gasteiger partial charge in [0.25, 0.3) is 0 Å². The third-order valence-corrected chi connectivity index (χ3v) is 2.89. The molecule has 2 heteroatoms. The van der Waals surface area contributed by atoms with Gasteiger partial charge < -0.3 is 5.32 Å². The van der Waals surface area contributed by atoms with Crippen molar-refractivity contribution in [3.05, 3.63) is 29.8 Å². The minimum atomic E-state index is 0.491. The summed E-state index contributed by atoms with van der Waals surface area (Å²) < 4.78 is 0. The van der Waals surface area contributed by atoms with Gasteiger partial charge in [0, 0.05) is 18.2 Å². The molecule has 0 saturated heterocycles. The Morgan fingerprint density at radius 1 is 1.29 bits per heavy atom. The molecule has 0 amide bonds. The van der Waals surface area contributed by atoms with Crippen LogP contribution >= 0.6 is 0 Å². The topological polar surface area (TPSA) is 24.4 Å². The van der Waals surface area contributed by atoms with Gasteiger partial charge in [0.15, 0.2) is 0 Å².